The Morgan fingerprint density at radius 3 is 3.05 bits per heavy atom. The SMILES string of the molecule is C=CCNc1nc(-c2cc(C)n(Cc3ccco3)c2C)cs1. The second-order valence-electron chi connectivity index (χ2n) is 5.16. The number of hydrogen-bond donors (Lipinski definition) is 1. The van der Waals surface area contributed by atoms with E-state index < -0.39 is 0 Å². The third-order valence-electron chi connectivity index (χ3n) is 3.65. The highest BCUT2D eigenvalue weighted by Crippen LogP contribution is 2.30. The van der Waals surface area contributed by atoms with Crippen LogP contribution in [0, 0.1) is 13.8 Å². The molecule has 3 heterocycles. The molecule has 0 amide bonds. The Morgan fingerprint density at radius 2 is 2.32 bits per heavy atom. The van der Waals surface area contributed by atoms with E-state index in [0.717, 1.165) is 29.7 Å². The fourth-order valence-electron chi connectivity index (χ4n) is 2.50. The number of nitrogens with one attached hydrogen (secondary N) is 1. The molecule has 5 heteroatoms. The molecule has 1 N–H and O–H groups in total. The number of hydrogen-bond acceptors (Lipinski definition) is 4. The van der Waals surface area contributed by atoms with E-state index in [9.17, 15) is 0 Å². The van der Waals surface area contributed by atoms with Gasteiger partial charge in [-0.2, -0.15) is 0 Å². The molecular weight excluding hydrogens is 294 g/mol. The van der Waals surface area contributed by atoms with E-state index in [2.05, 4.69) is 46.7 Å². The molecule has 3 aromatic rings. The van der Waals surface area contributed by atoms with Crippen molar-refractivity contribution in [2.75, 3.05) is 11.9 Å². The quantitative estimate of drug-likeness (QED) is 0.683. The average molecular weight is 313 g/mol. The molecule has 0 aromatic carbocycles. The molecule has 0 unspecified atom stereocenters. The molecule has 0 saturated heterocycles. The minimum atomic E-state index is 0.727. The third kappa shape index (κ3) is 2.85. The van der Waals surface area contributed by atoms with Gasteiger partial charge >= 0.3 is 0 Å². The van der Waals surface area contributed by atoms with Crippen LogP contribution in [0.4, 0.5) is 5.13 Å². The van der Waals surface area contributed by atoms with Crippen molar-refractivity contribution in [1.82, 2.24) is 9.55 Å². The van der Waals surface area contributed by atoms with Gasteiger partial charge in [0.05, 0.1) is 18.5 Å². The highest BCUT2D eigenvalue weighted by Gasteiger charge is 2.14. The summed E-state index contributed by atoms with van der Waals surface area (Å²) in [6.45, 7) is 9.42. The smallest absolute Gasteiger partial charge is 0.183 e. The van der Waals surface area contributed by atoms with E-state index in [4.69, 9.17) is 4.42 Å². The van der Waals surface area contributed by atoms with Crippen molar-refractivity contribution in [3.05, 3.63) is 59.6 Å². The maximum absolute atomic E-state index is 5.46. The standard InChI is InChI=1S/C17H19N3OS/c1-4-7-18-17-19-16(11-22-17)15-9-12(2)20(13(15)3)10-14-6-5-8-21-14/h4-6,8-9,11H,1,7,10H2,2-3H3,(H,18,19). The third-order valence-corrected chi connectivity index (χ3v) is 4.45. The molecule has 4 nitrogen and oxygen atoms in total. The van der Waals surface area contributed by atoms with Gasteiger partial charge in [-0.1, -0.05) is 6.08 Å². The van der Waals surface area contributed by atoms with Gasteiger partial charge in [0.1, 0.15) is 5.76 Å². The van der Waals surface area contributed by atoms with Gasteiger partial charge in [-0.3, -0.25) is 0 Å². The first-order valence-electron chi connectivity index (χ1n) is 7.19. The highest BCUT2D eigenvalue weighted by atomic mass is 32.1. The van der Waals surface area contributed by atoms with Gasteiger partial charge in [-0.15, -0.1) is 17.9 Å². The zero-order chi connectivity index (χ0) is 15.5. The van der Waals surface area contributed by atoms with Gasteiger partial charge in [0.25, 0.3) is 0 Å². The number of aryl methyl sites for hydroxylation is 1. The minimum absolute atomic E-state index is 0.727. The van der Waals surface area contributed by atoms with Crippen molar-refractivity contribution in [2.24, 2.45) is 0 Å². The zero-order valence-electron chi connectivity index (χ0n) is 12.8. The summed E-state index contributed by atoms with van der Waals surface area (Å²) in [5.74, 6) is 0.958. The van der Waals surface area contributed by atoms with Crippen LogP contribution in [0.15, 0.2) is 46.9 Å². The molecule has 0 atom stereocenters. The predicted molar refractivity (Wildman–Crippen MR) is 91.5 cm³/mol. The van der Waals surface area contributed by atoms with Gasteiger partial charge < -0.3 is 14.3 Å². The molecule has 0 aliphatic rings. The Morgan fingerprint density at radius 1 is 1.45 bits per heavy atom. The predicted octanol–water partition coefficient (Wildman–Crippen LogP) is 4.47. The fourth-order valence-corrected chi connectivity index (χ4v) is 3.22. The summed E-state index contributed by atoms with van der Waals surface area (Å²) in [4.78, 5) is 4.65. The Balaban J connectivity index is 1.88. The summed E-state index contributed by atoms with van der Waals surface area (Å²) < 4.78 is 7.71. The minimum Gasteiger partial charge on any atom is -0.467 e. The Hall–Kier alpha value is -2.27. The summed E-state index contributed by atoms with van der Waals surface area (Å²) in [5.41, 5.74) is 4.59. The van der Waals surface area contributed by atoms with Crippen LogP contribution >= 0.6 is 11.3 Å². The molecular formula is C17H19N3OS. The summed E-state index contributed by atoms with van der Waals surface area (Å²) in [5, 5.41) is 6.24. The molecule has 0 fully saturated rings. The van der Waals surface area contributed by atoms with Crippen LogP contribution in [0.5, 0.6) is 0 Å². The summed E-state index contributed by atoms with van der Waals surface area (Å²) in [7, 11) is 0. The molecule has 114 valence electrons. The average Bonchev–Trinajstić information content (AvgIpc) is 3.22. The van der Waals surface area contributed by atoms with Crippen molar-refractivity contribution < 1.29 is 4.42 Å². The lowest BCUT2D eigenvalue weighted by Crippen LogP contribution is -2.03. The Labute approximate surface area is 134 Å². The van der Waals surface area contributed by atoms with Crippen LogP contribution in [-0.4, -0.2) is 16.1 Å². The maximum Gasteiger partial charge on any atom is 0.183 e. The molecule has 0 aliphatic heterocycles. The van der Waals surface area contributed by atoms with Gasteiger partial charge in [0.15, 0.2) is 5.13 Å². The number of nitrogens with zero attached hydrogens (tertiary/aromatic N) is 2. The topological polar surface area (TPSA) is 43.0 Å². The lowest BCUT2D eigenvalue weighted by Gasteiger charge is -2.07. The summed E-state index contributed by atoms with van der Waals surface area (Å²) >= 11 is 1.62. The largest absolute Gasteiger partial charge is 0.467 e. The number of aromatic nitrogens is 2. The zero-order valence-corrected chi connectivity index (χ0v) is 13.6. The second-order valence-corrected chi connectivity index (χ2v) is 6.02. The maximum atomic E-state index is 5.46. The van der Waals surface area contributed by atoms with Crippen molar-refractivity contribution >= 4 is 16.5 Å². The summed E-state index contributed by atoms with van der Waals surface area (Å²) in [6.07, 6.45) is 3.54. The van der Waals surface area contributed by atoms with E-state index in [0.29, 0.717) is 0 Å². The lowest BCUT2D eigenvalue weighted by molar-refractivity contribution is 0.489. The molecule has 0 saturated carbocycles. The van der Waals surface area contributed by atoms with Crippen LogP contribution in [0.25, 0.3) is 11.3 Å². The molecule has 0 bridgehead atoms. The number of anilines is 1. The Kier molecular flexibility index (Phi) is 4.15. The van der Waals surface area contributed by atoms with E-state index in [1.807, 2.05) is 18.2 Å². The van der Waals surface area contributed by atoms with Crippen molar-refractivity contribution in [2.45, 2.75) is 20.4 Å². The number of rotatable bonds is 6. The van der Waals surface area contributed by atoms with Crippen molar-refractivity contribution in [1.29, 1.82) is 0 Å². The van der Waals surface area contributed by atoms with Gasteiger partial charge in [-0.05, 0) is 32.0 Å². The number of furan rings is 1. The summed E-state index contributed by atoms with van der Waals surface area (Å²) in [6, 6.07) is 6.10. The van der Waals surface area contributed by atoms with E-state index >= 15 is 0 Å². The molecule has 22 heavy (non-hydrogen) atoms. The molecule has 0 spiro atoms. The van der Waals surface area contributed by atoms with Crippen LogP contribution in [0.1, 0.15) is 17.1 Å². The van der Waals surface area contributed by atoms with Crippen molar-refractivity contribution in [3.8, 4) is 11.3 Å². The molecule has 0 aliphatic carbocycles. The van der Waals surface area contributed by atoms with E-state index in [-0.39, 0.29) is 0 Å². The van der Waals surface area contributed by atoms with Crippen LogP contribution < -0.4 is 5.32 Å². The second kappa shape index (κ2) is 6.23. The first-order valence-corrected chi connectivity index (χ1v) is 8.06. The molecule has 3 rings (SSSR count). The van der Waals surface area contributed by atoms with Gasteiger partial charge in [0.2, 0.25) is 0 Å². The van der Waals surface area contributed by atoms with Crippen LogP contribution in [-0.2, 0) is 6.54 Å². The molecule has 3 aromatic heterocycles. The van der Waals surface area contributed by atoms with Crippen LogP contribution in [0.2, 0.25) is 0 Å². The van der Waals surface area contributed by atoms with Crippen LogP contribution in [0.3, 0.4) is 0 Å². The van der Waals surface area contributed by atoms with Gasteiger partial charge in [-0.25, -0.2) is 4.98 Å². The lowest BCUT2D eigenvalue weighted by atomic mass is 10.2. The molecule has 0 radical (unpaired) electrons. The van der Waals surface area contributed by atoms with E-state index in [1.54, 1.807) is 17.6 Å². The highest BCUT2D eigenvalue weighted by molar-refractivity contribution is 7.14. The van der Waals surface area contributed by atoms with Gasteiger partial charge in [0, 0.05) is 28.9 Å². The first-order chi connectivity index (χ1) is 10.7. The van der Waals surface area contributed by atoms with Crippen molar-refractivity contribution in [3.63, 3.8) is 0 Å². The fraction of sp³-hybridized carbons (Fsp3) is 0.235. The normalized spacial score (nSPS) is 10.8. The number of thiazole rings is 1. The van der Waals surface area contributed by atoms with E-state index in [1.165, 1.54) is 17.0 Å². The first kappa shape index (κ1) is 14.7. The Bertz CT molecular complexity index is 768. The monoisotopic (exact) mass is 313 g/mol.